The van der Waals surface area contributed by atoms with Gasteiger partial charge in [0, 0.05) is 0 Å². The van der Waals surface area contributed by atoms with E-state index >= 15 is 0 Å². The third kappa shape index (κ3) is 4.07. The molecule has 0 rings (SSSR count). The molecule has 0 heterocycles. The molecule has 4 heteroatoms. The van der Waals surface area contributed by atoms with Crippen LogP contribution in [-0.4, -0.2) is 34.7 Å². The monoisotopic (exact) mass is 172 g/mol. The van der Waals surface area contributed by atoms with Crippen molar-refractivity contribution in [2.75, 3.05) is 0 Å². The molecule has 0 unspecified atom stereocenters. The van der Waals surface area contributed by atoms with Gasteiger partial charge in [0.1, 0.15) is 23.3 Å². The summed E-state index contributed by atoms with van der Waals surface area (Å²) in [6, 6.07) is 0. The first kappa shape index (κ1) is 13.2. The Morgan fingerprint density at radius 1 is 0.818 bits per heavy atom. The van der Waals surface area contributed by atoms with Crippen molar-refractivity contribution in [1.82, 2.24) is 0 Å². The molecule has 0 aliphatic heterocycles. The minimum atomic E-state index is -1.03. The van der Waals surface area contributed by atoms with Crippen molar-refractivity contribution < 1.29 is 14.4 Å². The molecule has 0 N–H and O–H groups in total. The topological polar surface area (TPSA) is 51.2 Å². The minimum Gasteiger partial charge on any atom is -0.299 e. The molecule has 0 aromatic carbocycles. The van der Waals surface area contributed by atoms with E-state index in [0.717, 1.165) is 0 Å². The molecule has 62 valence electrons. The van der Waals surface area contributed by atoms with Gasteiger partial charge >= 0.3 is 0 Å². The van der Waals surface area contributed by atoms with Crippen LogP contribution in [0, 0.1) is 5.92 Å². The summed E-state index contributed by atoms with van der Waals surface area (Å²) in [4.78, 5) is 31.8. The van der Waals surface area contributed by atoms with Crippen molar-refractivity contribution in [2.24, 2.45) is 5.92 Å². The third-order valence-electron chi connectivity index (χ3n) is 1.22. The van der Waals surface area contributed by atoms with E-state index in [1.807, 2.05) is 0 Å². The van der Waals surface area contributed by atoms with Crippen LogP contribution in [0.3, 0.4) is 0 Å². The Balaban J connectivity index is 0. The van der Waals surface area contributed by atoms with Crippen LogP contribution in [0.2, 0.25) is 0 Å². The van der Waals surface area contributed by atoms with Crippen LogP contribution in [-0.2, 0) is 14.4 Å². The number of rotatable bonds is 3. The highest BCUT2D eigenvalue weighted by molar-refractivity contribution is 6.17. The SMILES string of the molecule is CC(=O)C(C(C)=O)C(C)=O.[AlH3]. The summed E-state index contributed by atoms with van der Waals surface area (Å²) in [5.74, 6) is -2.15. The van der Waals surface area contributed by atoms with Gasteiger partial charge in [0.15, 0.2) is 17.4 Å². The van der Waals surface area contributed by atoms with E-state index in [1.165, 1.54) is 20.8 Å². The van der Waals surface area contributed by atoms with Crippen molar-refractivity contribution in [3.63, 3.8) is 0 Å². The van der Waals surface area contributed by atoms with Gasteiger partial charge in [0.05, 0.1) is 0 Å². The van der Waals surface area contributed by atoms with E-state index in [0.29, 0.717) is 0 Å². The van der Waals surface area contributed by atoms with Gasteiger partial charge < -0.3 is 0 Å². The average molecular weight is 172 g/mol. The van der Waals surface area contributed by atoms with Gasteiger partial charge in [-0.2, -0.15) is 0 Å². The minimum absolute atomic E-state index is 0. The molecule has 0 radical (unpaired) electrons. The number of carbonyl (C=O) groups is 3. The number of hydrogen-bond donors (Lipinski definition) is 0. The maximum Gasteiger partial charge on any atom is 0.187 e. The van der Waals surface area contributed by atoms with Crippen LogP contribution in [0.4, 0.5) is 0 Å². The van der Waals surface area contributed by atoms with Crippen LogP contribution in [0.25, 0.3) is 0 Å². The Morgan fingerprint density at radius 2 is 1.00 bits per heavy atom. The molecule has 0 amide bonds. The van der Waals surface area contributed by atoms with Crippen LogP contribution >= 0.6 is 0 Å². The van der Waals surface area contributed by atoms with Crippen molar-refractivity contribution in [2.45, 2.75) is 20.8 Å². The van der Waals surface area contributed by atoms with E-state index in [9.17, 15) is 14.4 Å². The van der Waals surface area contributed by atoms with E-state index in [1.54, 1.807) is 0 Å². The fraction of sp³-hybridized carbons (Fsp3) is 0.571. The van der Waals surface area contributed by atoms with E-state index in [-0.39, 0.29) is 34.7 Å². The quantitative estimate of drug-likeness (QED) is 0.413. The van der Waals surface area contributed by atoms with E-state index < -0.39 is 5.92 Å². The lowest BCUT2D eigenvalue weighted by Gasteiger charge is -2.02. The molecule has 0 saturated heterocycles. The molecule has 0 aromatic rings. The highest BCUT2D eigenvalue weighted by Gasteiger charge is 2.23. The molecule has 0 aliphatic rings. The summed E-state index contributed by atoms with van der Waals surface area (Å²) in [5.41, 5.74) is 0. The Hall–Kier alpha value is -0.458. The van der Waals surface area contributed by atoms with Crippen molar-refractivity contribution >= 4 is 34.7 Å². The lowest BCUT2D eigenvalue weighted by Crippen LogP contribution is -2.26. The van der Waals surface area contributed by atoms with Crippen molar-refractivity contribution in [3.05, 3.63) is 0 Å². The smallest absolute Gasteiger partial charge is 0.187 e. The summed E-state index contributed by atoms with van der Waals surface area (Å²) in [6.07, 6.45) is 0. The van der Waals surface area contributed by atoms with Gasteiger partial charge in [0.25, 0.3) is 0 Å². The number of Topliss-reactive ketones (excluding diaryl/α,β-unsaturated/α-hetero) is 3. The lowest BCUT2D eigenvalue weighted by atomic mass is 9.97. The zero-order valence-electron chi connectivity index (χ0n) is 6.30. The van der Waals surface area contributed by atoms with Crippen LogP contribution in [0.15, 0.2) is 0 Å². The second-order valence-corrected chi connectivity index (χ2v) is 2.26. The lowest BCUT2D eigenvalue weighted by molar-refractivity contribution is -0.137. The molecular formula is C7H13AlO3. The molecule has 0 fully saturated rings. The summed E-state index contributed by atoms with van der Waals surface area (Å²) in [6.45, 7) is 3.73. The molecule has 3 nitrogen and oxygen atoms in total. The van der Waals surface area contributed by atoms with Crippen LogP contribution in [0.5, 0.6) is 0 Å². The molecular weight excluding hydrogens is 159 g/mol. The van der Waals surface area contributed by atoms with Crippen molar-refractivity contribution in [1.29, 1.82) is 0 Å². The van der Waals surface area contributed by atoms with Gasteiger partial charge in [-0.3, -0.25) is 14.4 Å². The zero-order valence-corrected chi connectivity index (χ0v) is 6.30. The maximum absolute atomic E-state index is 10.6. The molecule has 0 aliphatic carbocycles. The average Bonchev–Trinajstić information content (AvgIpc) is 1.59. The number of carbonyl (C=O) groups excluding carboxylic acids is 3. The molecule has 0 saturated carbocycles. The molecule has 11 heavy (non-hydrogen) atoms. The normalized spacial score (nSPS) is 8.73. The van der Waals surface area contributed by atoms with Gasteiger partial charge in [-0.1, -0.05) is 0 Å². The fourth-order valence-corrected chi connectivity index (χ4v) is 0.859. The molecule has 0 spiro atoms. The second-order valence-electron chi connectivity index (χ2n) is 2.26. The zero-order chi connectivity index (χ0) is 8.31. The summed E-state index contributed by atoms with van der Waals surface area (Å²) in [7, 11) is 0. The highest BCUT2D eigenvalue weighted by Crippen LogP contribution is 2.00. The molecule has 0 atom stereocenters. The Kier molecular flexibility index (Phi) is 6.25. The first-order valence-electron chi connectivity index (χ1n) is 2.98. The summed E-state index contributed by atoms with van der Waals surface area (Å²) < 4.78 is 0. The Bertz CT molecular complexity index is 153. The van der Waals surface area contributed by atoms with Gasteiger partial charge in [0.2, 0.25) is 0 Å². The Labute approximate surface area is 76.3 Å². The predicted octanol–water partition coefficient (Wildman–Crippen LogP) is -0.814. The number of hydrogen-bond acceptors (Lipinski definition) is 3. The molecule has 0 bridgehead atoms. The largest absolute Gasteiger partial charge is 0.299 e. The summed E-state index contributed by atoms with van der Waals surface area (Å²) >= 11 is 0. The van der Waals surface area contributed by atoms with Crippen LogP contribution in [0.1, 0.15) is 20.8 Å². The summed E-state index contributed by atoms with van der Waals surface area (Å²) in [5, 5.41) is 0. The highest BCUT2D eigenvalue weighted by atomic mass is 27.0. The Morgan fingerprint density at radius 3 is 1.00 bits per heavy atom. The van der Waals surface area contributed by atoms with Crippen LogP contribution < -0.4 is 0 Å². The fourth-order valence-electron chi connectivity index (χ4n) is 0.859. The third-order valence-corrected chi connectivity index (χ3v) is 1.22. The van der Waals surface area contributed by atoms with Gasteiger partial charge in [-0.15, -0.1) is 0 Å². The first-order chi connectivity index (χ1) is 4.46. The van der Waals surface area contributed by atoms with Crippen molar-refractivity contribution in [3.8, 4) is 0 Å². The second kappa shape index (κ2) is 5.23. The van der Waals surface area contributed by atoms with E-state index in [2.05, 4.69) is 0 Å². The standard InChI is InChI=1S/C7H10O3.Al.3H/c1-4(8)7(5(2)9)6(3)10;;;;/h7H,1-3H3;;;;. The predicted molar refractivity (Wildman–Crippen MR) is 45.5 cm³/mol. The van der Waals surface area contributed by atoms with Gasteiger partial charge in [-0.05, 0) is 20.8 Å². The first-order valence-corrected chi connectivity index (χ1v) is 2.98. The van der Waals surface area contributed by atoms with E-state index in [4.69, 9.17) is 0 Å². The molecule has 0 aromatic heterocycles. The maximum atomic E-state index is 10.6. The van der Waals surface area contributed by atoms with Gasteiger partial charge in [-0.25, -0.2) is 0 Å². The number of ketones is 3.